The van der Waals surface area contributed by atoms with Crippen molar-refractivity contribution in [2.75, 3.05) is 10.6 Å². The first-order valence-corrected chi connectivity index (χ1v) is 12.3. The highest BCUT2D eigenvalue weighted by molar-refractivity contribution is 6.10. The van der Waals surface area contributed by atoms with Gasteiger partial charge in [0.25, 0.3) is 11.8 Å². The van der Waals surface area contributed by atoms with E-state index in [1.165, 1.54) is 19.3 Å². The van der Waals surface area contributed by atoms with Gasteiger partial charge < -0.3 is 24.4 Å². The van der Waals surface area contributed by atoms with Crippen LogP contribution in [-0.2, 0) is 16.1 Å². The number of carbonyl (C=O) groups is 3. The molecule has 0 saturated carbocycles. The van der Waals surface area contributed by atoms with Crippen LogP contribution >= 0.6 is 0 Å². The molecule has 0 radical (unpaired) electrons. The van der Waals surface area contributed by atoms with Gasteiger partial charge in [0.05, 0.1) is 11.8 Å². The number of para-hydroxylation sites is 1. The van der Waals surface area contributed by atoms with Crippen LogP contribution in [0.1, 0.15) is 40.3 Å². The number of hydrogen-bond donors (Lipinski definition) is 2. The molecule has 0 aliphatic rings. The Labute approximate surface area is 219 Å². The Hall–Kier alpha value is -4.85. The van der Waals surface area contributed by atoms with Crippen LogP contribution < -0.4 is 10.6 Å². The van der Waals surface area contributed by atoms with Gasteiger partial charge in [-0.1, -0.05) is 24.3 Å². The standard InChI is InChI=1S/C30H27N3O5/c1-4-33-25-9-6-5-8-22(25)23-17-21(13-14-26(23)33)31-28(34)19(3)38-30(36)20-12-11-18(2)24(16-20)32-29(35)27-10-7-15-37-27/h5-17,19H,4H2,1-3H3,(H,31,34)(H,32,35)/t19-/m0/s1. The molecule has 2 aromatic heterocycles. The minimum absolute atomic E-state index is 0.153. The lowest BCUT2D eigenvalue weighted by molar-refractivity contribution is -0.123. The summed E-state index contributed by atoms with van der Waals surface area (Å²) in [6, 6.07) is 21.9. The van der Waals surface area contributed by atoms with Gasteiger partial charge in [-0.15, -0.1) is 0 Å². The fraction of sp³-hybridized carbons (Fsp3) is 0.167. The lowest BCUT2D eigenvalue weighted by Crippen LogP contribution is -2.30. The first kappa shape index (κ1) is 24.8. The quantitative estimate of drug-likeness (QED) is 0.256. The van der Waals surface area contributed by atoms with E-state index in [-0.39, 0.29) is 11.3 Å². The zero-order chi connectivity index (χ0) is 26.8. The molecule has 8 heteroatoms. The van der Waals surface area contributed by atoms with Gasteiger partial charge in [0.15, 0.2) is 11.9 Å². The fourth-order valence-corrected chi connectivity index (χ4v) is 4.47. The first-order valence-electron chi connectivity index (χ1n) is 12.3. The Morgan fingerprint density at radius 2 is 1.71 bits per heavy atom. The maximum Gasteiger partial charge on any atom is 0.338 e. The summed E-state index contributed by atoms with van der Waals surface area (Å²) in [6.07, 6.45) is 0.362. The van der Waals surface area contributed by atoms with Gasteiger partial charge in [-0.25, -0.2) is 4.79 Å². The summed E-state index contributed by atoms with van der Waals surface area (Å²) in [7, 11) is 0. The fourth-order valence-electron chi connectivity index (χ4n) is 4.47. The van der Waals surface area contributed by atoms with Crippen LogP contribution in [0.2, 0.25) is 0 Å². The molecule has 0 bridgehead atoms. The summed E-state index contributed by atoms with van der Waals surface area (Å²) in [5.41, 5.74) is 4.24. The van der Waals surface area contributed by atoms with Gasteiger partial charge in [0.1, 0.15) is 0 Å². The summed E-state index contributed by atoms with van der Waals surface area (Å²) in [5.74, 6) is -1.41. The molecule has 1 atom stereocenters. The van der Waals surface area contributed by atoms with E-state index >= 15 is 0 Å². The van der Waals surface area contributed by atoms with Gasteiger partial charge in [0.2, 0.25) is 0 Å². The predicted octanol–water partition coefficient (Wildman–Crippen LogP) is 6.15. The van der Waals surface area contributed by atoms with E-state index in [4.69, 9.17) is 9.15 Å². The van der Waals surface area contributed by atoms with E-state index in [0.29, 0.717) is 11.4 Å². The van der Waals surface area contributed by atoms with Gasteiger partial charge in [-0.05, 0) is 74.9 Å². The Morgan fingerprint density at radius 3 is 2.47 bits per heavy atom. The minimum atomic E-state index is -1.04. The highest BCUT2D eigenvalue weighted by atomic mass is 16.5. The summed E-state index contributed by atoms with van der Waals surface area (Å²) >= 11 is 0. The third-order valence-corrected chi connectivity index (χ3v) is 6.48. The van der Waals surface area contributed by atoms with Gasteiger partial charge in [0, 0.05) is 39.7 Å². The predicted molar refractivity (Wildman–Crippen MR) is 146 cm³/mol. The monoisotopic (exact) mass is 509 g/mol. The average Bonchev–Trinajstić information content (AvgIpc) is 3.56. The number of esters is 1. The van der Waals surface area contributed by atoms with Crippen molar-refractivity contribution in [3.05, 3.63) is 95.9 Å². The Bertz CT molecular complexity index is 1670. The number of rotatable bonds is 7. The second-order valence-corrected chi connectivity index (χ2v) is 8.99. The van der Waals surface area contributed by atoms with E-state index in [9.17, 15) is 14.4 Å². The molecule has 38 heavy (non-hydrogen) atoms. The molecule has 2 heterocycles. The van der Waals surface area contributed by atoms with Crippen molar-refractivity contribution in [2.24, 2.45) is 0 Å². The third kappa shape index (κ3) is 4.76. The molecule has 2 N–H and O–H groups in total. The molecule has 0 saturated heterocycles. The lowest BCUT2D eigenvalue weighted by atomic mass is 10.1. The van der Waals surface area contributed by atoms with Crippen LogP contribution in [0.4, 0.5) is 11.4 Å². The van der Waals surface area contributed by atoms with E-state index in [0.717, 1.165) is 33.9 Å². The summed E-state index contributed by atoms with van der Waals surface area (Å²) in [6.45, 7) is 6.25. The number of nitrogens with one attached hydrogen (secondary N) is 2. The van der Waals surface area contributed by atoms with Crippen LogP contribution in [0.5, 0.6) is 0 Å². The van der Waals surface area contributed by atoms with E-state index < -0.39 is 23.9 Å². The minimum Gasteiger partial charge on any atom is -0.459 e. The number of furan rings is 1. The number of ether oxygens (including phenoxy) is 1. The first-order chi connectivity index (χ1) is 18.4. The number of anilines is 2. The molecule has 5 rings (SSSR count). The second kappa shape index (κ2) is 10.3. The molecular formula is C30H27N3O5. The summed E-state index contributed by atoms with van der Waals surface area (Å²) in [5, 5.41) is 7.72. The maximum atomic E-state index is 12.9. The molecular weight excluding hydrogens is 482 g/mol. The molecule has 5 aromatic rings. The van der Waals surface area contributed by atoms with Crippen LogP contribution in [0.25, 0.3) is 21.8 Å². The molecule has 8 nitrogen and oxygen atoms in total. The number of fused-ring (bicyclic) bond motifs is 3. The SMILES string of the molecule is CCn1c2ccccc2c2cc(NC(=O)[C@H](C)OC(=O)c3ccc(C)c(NC(=O)c4ccco4)c3)ccc21. The highest BCUT2D eigenvalue weighted by Crippen LogP contribution is 2.31. The van der Waals surface area contributed by atoms with Crippen LogP contribution in [0.3, 0.4) is 0 Å². The molecule has 192 valence electrons. The van der Waals surface area contributed by atoms with Crippen molar-refractivity contribution in [3.8, 4) is 0 Å². The lowest BCUT2D eigenvalue weighted by Gasteiger charge is -2.15. The Kier molecular flexibility index (Phi) is 6.70. The van der Waals surface area contributed by atoms with Crippen molar-refractivity contribution in [1.82, 2.24) is 4.57 Å². The van der Waals surface area contributed by atoms with E-state index in [1.54, 1.807) is 31.2 Å². The molecule has 3 aromatic carbocycles. The summed E-state index contributed by atoms with van der Waals surface area (Å²) < 4.78 is 12.8. The van der Waals surface area contributed by atoms with Crippen LogP contribution in [0, 0.1) is 6.92 Å². The Balaban J connectivity index is 1.28. The zero-order valence-corrected chi connectivity index (χ0v) is 21.3. The van der Waals surface area contributed by atoms with Gasteiger partial charge >= 0.3 is 5.97 Å². The molecule has 0 fully saturated rings. The van der Waals surface area contributed by atoms with Crippen molar-refractivity contribution in [1.29, 1.82) is 0 Å². The maximum absolute atomic E-state index is 12.9. The third-order valence-electron chi connectivity index (χ3n) is 6.48. The van der Waals surface area contributed by atoms with Crippen molar-refractivity contribution < 1.29 is 23.5 Å². The molecule has 0 aliphatic heterocycles. The molecule has 0 spiro atoms. The number of amides is 2. The largest absolute Gasteiger partial charge is 0.459 e. The smallest absolute Gasteiger partial charge is 0.338 e. The number of carbonyl (C=O) groups excluding carboxylic acids is 3. The zero-order valence-electron chi connectivity index (χ0n) is 21.3. The number of nitrogens with zero attached hydrogens (tertiary/aromatic N) is 1. The normalized spacial score (nSPS) is 11.9. The molecule has 2 amide bonds. The topological polar surface area (TPSA) is 103 Å². The van der Waals surface area contributed by atoms with Crippen LogP contribution in [-0.4, -0.2) is 28.5 Å². The molecule has 0 unspecified atom stereocenters. The van der Waals surface area contributed by atoms with Gasteiger partial charge in [-0.3, -0.25) is 9.59 Å². The Morgan fingerprint density at radius 1 is 0.921 bits per heavy atom. The second-order valence-electron chi connectivity index (χ2n) is 8.99. The van der Waals surface area contributed by atoms with Gasteiger partial charge in [-0.2, -0.15) is 0 Å². The number of hydrogen-bond acceptors (Lipinski definition) is 5. The number of aryl methyl sites for hydroxylation is 2. The summed E-state index contributed by atoms with van der Waals surface area (Å²) in [4.78, 5) is 38.0. The van der Waals surface area contributed by atoms with Crippen molar-refractivity contribution in [2.45, 2.75) is 33.4 Å². The molecule has 0 aliphatic carbocycles. The van der Waals surface area contributed by atoms with Crippen LogP contribution in [0.15, 0.2) is 83.5 Å². The van der Waals surface area contributed by atoms with Crippen molar-refractivity contribution >= 4 is 51.0 Å². The number of aromatic nitrogens is 1. The number of benzene rings is 3. The highest BCUT2D eigenvalue weighted by Gasteiger charge is 2.21. The average molecular weight is 510 g/mol. The van der Waals surface area contributed by atoms with Crippen molar-refractivity contribution in [3.63, 3.8) is 0 Å². The van der Waals surface area contributed by atoms with E-state index in [2.05, 4.69) is 34.3 Å². The van der Waals surface area contributed by atoms with E-state index in [1.807, 2.05) is 30.3 Å².